The molecule has 8 heteroatoms. The number of carbonyl (C=O) groups excluding carboxylic acids is 2. The lowest BCUT2D eigenvalue weighted by atomic mass is 10.1. The number of benzene rings is 1. The van der Waals surface area contributed by atoms with Crippen molar-refractivity contribution in [2.24, 2.45) is 0 Å². The molecule has 2 aromatic rings. The van der Waals surface area contributed by atoms with Gasteiger partial charge in [0.2, 0.25) is 10.0 Å². The third-order valence-electron chi connectivity index (χ3n) is 3.62. The van der Waals surface area contributed by atoms with Crippen molar-refractivity contribution in [3.8, 4) is 0 Å². The summed E-state index contributed by atoms with van der Waals surface area (Å²) in [4.78, 5) is 25.8. The SMILES string of the molecule is CN1C(=O)c2ccc(S(=O)(=O)NCCc3cccs3)cc2C1=O. The molecule has 0 spiro atoms. The van der Waals surface area contributed by atoms with Crippen molar-refractivity contribution in [3.05, 3.63) is 51.7 Å². The molecule has 120 valence electrons. The van der Waals surface area contributed by atoms with Crippen molar-refractivity contribution in [3.63, 3.8) is 0 Å². The summed E-state index contributed by atoms with van der Waals surface area (Å²) in [5, 5.41) is 1.93. The monoisotopic (exact) mass is 350 g/mol. The Morgan fingerprint density at radius 2 is 1.87 bits per heavy atom. The van der Waals surface area contributed by atoms with E-state index in [2.05, 4.69) is 4.72 Å². The molecule has 0 unspecified atom stereocenters. The molecule has 0 saturated heterocycles. The van der Waals surface area contributed by atoms with E-state index in [1.165, 1.54) is 25.2 Å². The minimum absolute atomic E-state index is 0.0149. The highest BCUT2D eigenvalue weighted by atomic mass is 32.2. The molecule has 1 aromatic heterocycles. The van der Waals surface area contributed by atoms with Crippen LogP contribution in [0.1, 0.15) is 25.6 Å². The summed E-state index contributed by atoms with van der Waals surface area (Å²) < 4.78 is 27.1. The van der Waals surface area contributed by atoms with Crippen LogP contribution < -0.4 is 4.72 Å². The van der Waals surface area contributed by atoms with Gasteiger partial charge in [0, 0.05) is 18.5 Å². The summed E-state index contributed by atoms with van der Waals surface area (Å²) in [5.74, 6) is -0.903. The Morgan fingerprint density at radius 1 is 1.13 bits per heavy atom. The van der Waals surface area contributed by atoms with E-state index in [0.29, 0.717) is 6.42 Å². The van der Waals surface area contributed by atoms with Crippen LogP contribution in [0.3, 0.4) is 0 Å². The molecule has 1 aromatic carbocycles. The highest BCUT2D eigenvalue weighted by molar-refractivity contribution is 7.89. The molecule has 3 rings (SSSR count). The number of fused-ring (bicyclic) bond motifs is 1. The molecule has 0 bridgehead atoms. The average Bonchev–Trinajstić information content (AvgIpc) is 3.11. The van der Waals surface area contributed by atoms with E-state index in [-0.39, 0.29) is 22.6 Å². The fourth-order valence-electron chi connectivity index (χ4n) is 2.35. The van der Waals surface area contributed by atoms with Crippen molar-refractivity contribution in [2.75, 3.05) is 13.6 Å². The van der Waals surface area contributed by atoms with Crippen LogP contribution in [0.2, 0.25) is 0 Å². The molecule has 0 fully saturated rings. The van der Waals surface area contributed by atoms with E-state index < -0.39 is 21.8 Å². The number of imide groups is 1. The van der Waals surface area contributed by atoms with Crippen molar-refractivity contribution in [1.29, 1.82) is 0 Å². The van der Waals surface area contributed by atoms with Gasteiger partial charge in [-0.2, -0.15) is 0 Å². The van der Waals surface area contributed by atoms with E-state index in [4.69, 9.17) is 0 Å². The number of sulfonamides is 1. The van der Waals surface area contributed by atoms with E-state index in [0.717, 1.165) is 9.78 Å². The maximum atomic E-state index is 12.3. The van der Waals surface area contributed by atoms with Crippen molar-refractivity contribution < 1.29 is 18.0 Å². The van der Waals surface area contributed by atoms with Gasteiger partial charge in [0.25, 0.3) is 11.8 Å². The normalized spacial score (nSPS) is 14.4. The van der Waals surface area contributed by atoms with Crippen molar-refractivity contribution in [1.82, 2.24) is 9.62 Å². The Hall–Kier alpha value is -2.03. The third-order valence-corrected chi connectivity index (χ3v) is 6.01. The molecule has 1 aliphatic heterocycles. The Balaban J connectivity index is 1.79. The molecule has 1 N–H and O–H groups in total. The lowest BCUT2D eigenvalue weighted by Crippen LogP contribution is -2.26. The molecular weight excluding hydrogens is 336 g/mol. The number of thiophene rings is 1. The standard InChI is InChI=1S/C15H14N2O4S2/c1-17-14(18)12-5-4-11(9-13(12)15(17)19)23(20,21)16-7-6-10-3-2-8-22-10/h2-5,8-9,16H,6-7H2,1H3. The van der Waals surface area contributed by atoms with Crippen LogP contribution in [0.15, 0.2) is 40.6 Å². The molecular formula is C15H14N2O4S2. The van der Waals surface area contributed by atoms with Gasteiger partial charge in [-0.05, 0) is 36.1 Å². The molecule has 1 aliphatic rings. The van der Waals surface area contributed by atoms with Gasteiger partial charge in [-0.15, -0.1) is 11.3 Å². The summed E-state index contributed by atoms with van der Waals surface area (Å²) in [6.07, 6.45) is 0.599. The Kier molecular flexibility index (Phi) is 4.05. The lowest BCUT2D eigenvalue weighted by Gasteiger charge is -2.07. The molecule has 0 saturated carbocycles. The van der Waals surface area contributed by atoms with Gasteiger partial charge in [-0.25, -0.2) is 13.1 Å². The summed E-state index contributed by atoms with van der Waals surface area (Å²) in [6.45, 7) is 0.271. The van der Waals surface area contributed by atoms with Gasteiger partial charge in [0.15, 0.2) is 0 Å². The number of amides is 2. The number of nitrogens with one attached hydrogen (secondary N) is 1. The first-order chi connectivity index (χ1) is 10.9. The third kappa shape index (κ3) is 2.92. The average molecular weight is 350 g/mol. The highest BCUT2D eigenvalue weighted by Crippen LogP contribution is 2.24. The Labute approximate surface area is 137 Å². The summed E-state index contributed by atoms with van der Waals surface area (Å²) in [7, 11) is -2.35. The maximum Gasteiger partial charge on any atom is 0.261 e. The fraction of sp³-hybridized carbons (Fsp3) is 0.200. The Bertz CT molecular complexity index is 873. The number of hydrogen-bond acceptors (Lipinski definition) is 5. The Morgan fingerprint density at radius 3 is 2.57 bits per heavy atom. The zero-order chi connectivity index (χ0) is 16.6. The van der Waals surface area contributed by atoms with E-state index in [1.807, 2.05) is 17.5 Å². The van der Waals surface area contributed by atoms with Crippen LogP contribution in [0, 0.1) is 0 Å². The number of hydrogen-bond donors (Lipinski definition) is 1. The van der Waals surface area contributed by atoms with Crippen LogP contribution in [0.4, 0.5) is 0 Å². The molecule has 2 heterocycles. The second kappa shape index (κ2) is 5.88. The van der Waals surface area contributed by atoms with Crippen molar-refractivity contribution >= 4 is 33.2 Å². The summed E-state index contributed by atoms with van der Waals surface area (Å²) in [5.41, 5.74) is 0.355. The molecule has 23 heavy (non-hydrogen) atoms. The second-order valence-corrected chi connectivity index (χ2v) is 7.90. The van der Waals surface area contributed by atoms with Crippen LogP contribution in [-0.2, 0) is 16.4 Å². The van der Waals surface area contributed by atoms with Crippen LogP contribution >= 0.6 is 11.3 Å². The number of nitrogens with zero attached hydrogens (tertiary/aromatic N) is 1. The zero-order valence-corrected chi connectivity index (χ0v) is 13.9. The first kappa shape index (κ1) is 15.9. The first-order valence-corrected chi connectivity index (χ1v) is 9.25. The highest BCUT2D eigenvalue weighted by Gasteiger charge is 2.33. The largest absolute Gasteiger partial charge is 0.277 e. The number of rotatable bonds is 5. The lowest BCUT2D eigenvalue weighted by molar-refractivity contribution is 0.0693. The van der Waals surface area contributed by atoms with Gasteiger partial charge in [0.1, 0.15) is 0 Å². The maximum absolute atomic E-state index is 12.3. The second-order valence-electron chi connectivity index (χ2n) is 5.10. The van der Waals surface area contributed by atoms with Crippen LogP contribution in [0.25, 0.3) is 0 Å². The van der Waals surface area contributed by atoms with Crippen LogP contribution in [-0.4, -0.2) is 38.7 Å². The quantitative estimate of drug-likeness (QED) is 0.828. The first-order valence-electron chi connectivity index (χ1n) is 6.88. The van der Waals surface area contributed by atoms with Crippen molar-refractivity contribution in [2.45, 2.75) is 11.3 Å². The van der Waals surface area contributed by atoms with Gasteiger partial charge < -0.3 is 0 Å². The topological polar surface area (TPSA) is 83.6 Å². The molecule has 6 nitrogen and oxygen atoms in total. The zero-order valence-electron chi connectivity index (χ0n) is 12.3. The molecule has 0 aliphatic carbocycles. The fourth-order valence-corrected chi connectivity index (χ4v) is 4.12. The number of carbonyl (C=O) groups is 2. The van der Waals surface area contributed by atoms with Gasteiger partial charge >= 0.3 is 0 Å². The van der Waals surface area contributed by atoms with E-state index >= 15 is 0 Å². The van der Waals surface area contributed by atoms with Gasteiger partial charge in [0.05, 0.1) is 16.0 Å². The van der Waals surface area contributed by atoms with E-state index in [9.17, 15) is 18.0 Å². The van der Waals surface area contributed by atoms with E-state index in [1.54, 1.807) is 11.3 Å². The molecule has 0 atom stereocenters. The van der Waals surface area contributed by atoms with Gasteiger partial charge in [-0.1, -0.05) is 6.07 Å². The summed E-state index contributed by atoms with van der Waals surface area (Å²) >= 11 is 1.56. The predicted octanol–water partition coefficient (Wildman–Crippen LogP) is 1.49. The van der Waals surface area contributed by atoms with Gasteiger partial charge in [-0.3, -0.25) is 14.5 Å². The predicted molar refractivity (Wildman–Crippen MR) is 86.1 cm³/mol. The minimum Gasteiger partial charge on any atom is -0.277 e. The molecule has 0 radical (unpaired) electrons. The smallest absolute Gasteiger partial charge is 0.261 e. The molecule has 2 amide bonds. The summed E-state index contributed by atoms with van der Waals surface area (Å²) in [6, 6.07) is 7.83. The van der Waals surface area contributed by atoms with Crippen LogP contribution in [0.5, 0.6) is 0 Å². The minimum atomic E-state index is -3.72.